The van der Waals surface area contributed by atoms with Gasteiger partial charge >= 0.3 is 5.97 Å². The molecule has 2 aliphatic rings. The first kappa shape index (κ1) is 23.5. The highest BCUT2D eigenvalue weighted by Crippen LogP contribution is 2.49. The van der Waals surface area contributed by atoms with Crippen molar-refractivity contribution in [2.24, 2.45) is 23.7 Å². The minimum Gasteiger partial charge on any atom is -0.481 e. The summed E-state index contributed by atoms with van der Waals surface area (Å²) in [6, 6.07) is 0. The van der Waals surface area contributed by atoms with E-state index in [1.807, 2.05) is 13.8 Å². The van der Waals surface area contributed by atoms with Crippen molar-refractivity contribution in [3.63, 3.8) is 0 Å². The second kappa shape index (κ2) is 12.0. The molecule has 0 saturated heterocycles. The molecule has 2 saturated carbocycles. The maximum Gasteiger partial charge on any atom is 0.303 e. The fourth-order valence-corrected chi connectivity index (χ4v) is 4.21. The molecule has 0 aromatic heterocycles. The summed E-state index contributed by atoms with van der Waals surface area (Å²) in [5.74, 6) is 12.1. The van der Waals surface area contributed by atoms with Gasteiger partial charge in [-0.2, -0.15) is 0 Å². The van der Waals surface area contributed by atoms with Gasteiger partial charge in [0.25, 0.3) is 0 Å². The van der Waals surface area contributed by atoms with E-state index in [-0.39, 0.29) is 18.3 Å². The van der Waals surface area contributed by atoms with Crippen LogP contribution < -0.4 is 0 Å². The molecule has 0 amide bonds. The summed E-state index contributed by atoms with van der Waals surface area (Å²) >= 11 is 0. The van der Waals surface area contributed by atoms with E-state index in [1.54, 1.807) is 0 Å². The van der Waals surface area contributed by atoms with Gasteiger partial charge in [-0.05, 0) is 37.5 Å². The molecule has 0 heterocycles. The van der Waals surface area contributed by atoms with Crippen LogP contribution in [0.4, 0.5) is 0 Å². The van der Waals surface area contributed by atoms with Crippen LogP contribution in [0.25, 0.3) is 0 Å². The lowest BCUT2D eigenvalue weighted by Crippen LogP contribution is -2.19. The zero-order chi connectivity index (χ0) is 21.2. The van der Waals surface area contributed by atoms with Crippen molar-refractivity contribution in [3.05, 3.63) is 11.6 Å². The first-order valence-electron chi connectivity index (χ1n) is 10.7. The second-order valence-electron chi connectivity index (χ2n) is 8.22. The summed E-state index contributed by atoms with van der Waals surface area (Å²) < 4.78 is 5.50. The fraction of sp³-hybridized carbons (Fsp3) is 0.708. The largest absolute Gasteiger partial charge is 0.481 e. The van der Waals surface area contributed by atoms with E-state index in [9.17, 15) is 15.0 Å². The van der Waals surface area contributed by atoms with E-state index in [1.165, 1.54) is 5.57 Å². The minimum atomic E-state index is -0.797. The first-order chi connectivity index (χ1) is 13.9. The third kappa shape index (κ3) is 7.52. The molecule has 6 unspecified atom stereocenters. The zero-order valence-electron chi connectivity index (χ0n) is 17.6. The Kier molecular flexibility index (Phi) is 9.74. The highest BCUT2D eigenvalue weighted by atomic mass is 16.5. The Morgan fingerprint density at radius 1 is 1.34 bits per heavy atom. The smallest absolute Gasteiger partial charge is 0.303 e. The van der Waals surface area contributed by atoms with Gasteiger partial charge in [-0.3, -0.25) is 4.79 Å². The number of hydrogen-bond donors (Lipinski definition) is 3. The molecule has 29 heavy (non-hydrogen) atoms. The molecule has 6 atom stereocenters. The van der Waals surface area contributed by atoms with Crippen molar-refractivity contribution < 1.29 is 24.9 Å². The molecule has 3 N–H and O–H groups in total. The molecule has 0 spiro atoms. The number of carboxylic acid groups (broad SMARTS) is 1. The van der Waals surface area contributed by atoms with Gasteiger partial charge in [0.15, 0.2) is 0 Å². The summed E-state index contributed by atoms with van der Waals surface area (Å²) in [5.41, 5.74) is 1.33. The van der Waals surface area contributed by atoms with Gasteiger partial charge in [-0.1, -0.05) is 37.3 Å². The van der Waals surface area contributed by atoms with Crippen LogP contribution >= 0.6 is 0 Å². The number of aliphatic hydroxyl groups is 2. The third-order valence-corrected chi connectivity index (χ3v) is 5.88. The average Bonchev–Trinajstić information content (AvgIpc) is 3.18. The summed E-state index contributed by atoms with van der Waals surface area (Å²) in [7, 11) is 0. The molecule has 5 heteroatoms. The number of aliphatic hydroxyl groups excluding tert-OH is 2. The van der Waals surface area contributed by atoms with Crippen molar-refractivity contribution >= 4 is 5.97 Å². The molecule has 2 aliphatic carbocycles. The van der Waals surface area contributed by atoms with Crippen LogP contribution in [0.5, 0.6) is 0 Å². The predicted octanol–water partition coefficient (Wildman–Crippen LogP) is 3.01. The summed E-state index contributed by atoms with van der Waals surface area (Å²) in [6.07, 6.45) is 5.69. The van der Waals surface area contributed by atoms with E-state index < -0.39 is 18.2 Å². The van der Waals surface area contributed by atoms with Crippen molar-refractivity contribution in [1.29, 1.82) is 0 Å². The maximum atomic E-state index is 10.5. The van der Waals surface area contributed by atoms with Crippen LogP contribution in [-0.4, -0.2) is 46.7 Å². The van der Waals surface area contributed by atoms with E-state index in [0.29, 0.717) is 37.9 Å². The average molecular weight is 403 g/mol. The number of carbonyl (C=O) groups is 1. The maximum absolute atomic E-state index is 10.5. The Bertz CT molecular complexity index is 690. The molecule has 2 rings (SSSR count). The van der Waals surface area contributed by atoms with Crippen molar-refractivity contribution in [1.82, 2.24) is 0 Å². The Morgan fingerprint density at radius 2 is 2.14 bits per heavy atom. The van der Waals surface area contributed by atoms with Gasteiger partial charge in [0.1, 0.15) is 6.10 Å². The lowest BCUT2D eigenvalue weighted by atomic mass is 9.91. The molecule has 0 bridgehead atoms. The molecule has 2 fully saturated rings. The molecule has 0 aromatic carbocycles. The van der Waals surface area contributed by atoms with Crippen LogP contribution in [0, 0.1) is 47.4 Å². The van der Waals surface area contributed by atoms with E-state index in [0.717, 1.165) is 25.7 Å². The molecule has 160 valence electrons. The van der Waals surface area contributed by atoms with Crippen molar-refractivity contribution in [2.75, 3.05) is 13.2 Å². The lowest BCUT2D eigenvalue weighted by molar-refractivity contribution is -0.137. The number of aliphatic carboxylic acids is 1. The normalized spacial score (nSPS) is 28.8. The van der Waals surface area contributed by atoms with Gasteiger partial charge in [0.2, 0.25) is 0 Å². The molecule has 5 nitrogen and oxygen atoms in total. The summed E-state index contributed by atoms with van der Waals surface area (Å²) in [5, 5.41) is 29.3. The van der Waals surface area contributed by atoms with Gasteiger partial charge in [-0.25, -0.2) is 0 Å². The van der Waals surface area contributed by atoms with Crippen LogP contribution in [-0.2, 0) is 9.53 Å². The number of fused-ring (bicyclic) bond motifs is 1. The molecule has 0 aromatic rings. The Hall–Kier alpha value is -1.79. The quantitative estimate of drug-likeness (QED) is 0.330. The van der Waals surface area contributed by atoms with Gasteiger partial charge in [0, 0.05) is 37.7 Å². The van der Waals surface area contributed by atoms with Crippen LogP contribution in [0.2, 0.25) is 0 Å². The Labute approximate surface area is 174 Å². The van der Waals surface area contributed by atoms with E-state index in [2.05, 4.69) is 29.8 Å². The number of carboxylic acids is 1. The van der Waals surface area contributed by atoms with Crippen LogP contribution in [0.15, 0.2) is 11.6 Å². The second-order valence-corrected chi connectivity index (χ2v) is 8.22. The van der Waals surface area contributed by atoms with Gasteiger partial charge < -0.3 is 20.1 Å². The number of ether oxygens (including phenoxy) is 1. The van der Waals surface area contributed by atoms with Gasteiger partial charge in [0.05, 0.1) is 12.7 Å². The molecular weight excluding hydrogens is 368 g/mol. The number of allylic oxidation sites excluding steroid dienone is 1. The summed E-state index contributed by atoms with van der Waals surface area (Å²) in [4.78, 5) is 10.5. The van der Waals surface area contributed by atoms with Gasteiger partial charge in [-0.15, -0.1) is 11.8 Å². The van der Waals surface area contributed by atoms with Crippen molar-refractivity contribution in [2.45, 2.75) is 71.0 Å². The molecule has 0 radical (unpaired) electrons. The fourth-order valence-electron chi connectivity index (χ4n) is 4.21. The lowest BCUT2D eigenvalue weighted by Gasteiger charge is -2.16. The minimum absolute atomic E-state index is 0.00629. The van der Waals surface area contributed by atoms with Crippen molar-refractivity contribution in [3.8, 4) is 23.7 Å². The number of hydrogen-bond acceptors (Lipinski definition) is 4. The Morgan fingerprint density at radius 3 is 2.86 bits per heavy atom. The van der Waals surface area contributed by atoms with E-state index in [4.69, 9.17) is 9.84 Å². The standard InChI is InChI=1S/C24H34O5/c1-3-4-5-7-17(2)22(25)10-9-20-21-15-18(14-19(21)16-23(20)26)11-13-29-12-6-8-24(27)28/h11,17,19-23,25-26H,3,6-8,12-16H2,1-2H3,(H,27,28). The Balaban J connectivity index is 1.83. The van der Waals surface area contributed by atoms with E-state index >= 15 is 0 Å². The van der Waals surface area contributed by atoms with Crippen LogP contribution in [0.3, 0.4) is 0 Å². The number of rotatable bonds is 8. The molecular formula is C24H34O5. The first-order valence-corrected chi connectivity index (χ1v) is 10.7. The highest BCUT2D eigenvalue weighted by Gasteiger charge is 2.45. The molecule has 0 aliphatic heterocycles. The third-order valence-electron chi connectivity index (χ3n) is 5.88. The zero-order valence-corrected chi connectivity index (χ0v) is 17.6. The van der Waals surface area contributed by atoms with Crippen LogP contribution in [0.1, 0.15) is 58.8 Å². The SMILES string of the molecule is CCC#CCC(C)C(O)C#CC1C(O)CC2CC(=CCOCCCC(=O)O)CC21. The predicted molar refractivity (Wildman–Crippen MR) is 112 cm³/mol. The summed E-state index contributed by atoms with van der Waals surface area (Å²) in [6.45, 7) is 4.91. The topological polar surface area (TPSA) is 87.0 Å². The highest BCUT2D eigenvalue weighted by molar-refractivity contribution is 5.66. The monoisotopic (exact) mass is 402 g/mol.